The highest BCUT2D eigenvalue weighted by molar-refractivity contribution is 7.13. The number of allylic oxidation sites excluding steroid dienone is 2. The highest BCUT2D eigenvalue weighted by Crippen LogP contribution is 2.50. The van der Waals surface area contributed by atoms with Crippen molar-refractivity contribution >= 4 is 57.2 Å². The van der Waals surface area contributed by atoms with Crippen LogP contribution in [0.1, 0.15) is 95.1 Å². The number of nitriles is 1. The van der Waals surface area contributed by atoms with Crippen LogP contribution in [-0.2, 0) is 30.9 Å². The predicted octanol–water partition coefficient (Wildman–Crippen LogP) is 7.07. The molecule has 0 radical (unpaired) electrons. The Kier molecular flexibility index (Phi) is 16.9. The first kappa shape index (κ1) is 59.3. The second-order valence-corrected chi connectivity index (χ2v) is 25.0. The molecule has 23 heteroatoms. The van der Waals surface area contributed by atoms with Crippen LogP contribution in [0.4, 0.5) is 23.2 Å². The molecule has 2 aromatic carbocycles. The maximum Gasteiger partial charge on any atom is 0.417 e. The number of aliphatic hydroxyl groups is 1. The number of amidine groups is 1. The van der Waals surface area contributed by atoms with E-state index in [1.165, 1.54) is 22.1 Å². The zero-order valence-electron chi connectivity index (χ0n) is 48.1. The number of aryl methyl sites for hydroxylation is 2. The maximum atomic E-state index is 17.8. The summed E-state index contributed by atoms with van der Waals surface area (Å²) in [5.74, 6) is -1.86. The molecule has 2 aromatic heterocycles. The van der Waals surface area contributed by atoms with E-state index in [-0.39, 0.29) is 102 Å². The summed E-state index contributed by atoms with van der Waals surface area (Å²) in [6.45, 7) is 14.3. The number of anilines is 1. The third-order valence-corrected chi connectivity index (χ3v) is 18.2. The molecule has 4 aromatic rings. The van der Waals surface area contributed by atoms with Crippen LogP contribution in [0.2, 0.25) is 0 Å². The van der Waals surface area contributed by atoms with Gasteiger partial charge in [0.25, 0.3) is 6.02 Å². The molecule has 7 heterocycles. The second kappa shape index (κ2) is 23.7. The molecule has 3 unspecified atom stereocenters. The molecular weight excluding hydrogens is 1090 g/mol. The number of aromatic nitrogens is 2. The second-order valence-electron chi connectivity index (χ2n) is 24.1. The van der Waals surface area contributed by atoms with E-state index in [4.69, 9.17) is 20.2 Å². The van der Waals surface area contributed by atoms with Crippen LogP contribution in [-0.4, -0.2) is 166 Å². The Morgan fingerprint density at radius 1 is 1.02 bits per heavy atom. The van der Waals surface area contributed by atoms with Crippen molar-refractivity contribution in [1.29, 1.82) is 5.26 Å². The molecule has 4 fully saturated rings. The lowest BCUT2D eigenvalue weighted by molar-refractivity contribution is -0.144. The summed E-state index contributed by atoms with van der Waals surface area (Å²) in [5, 5.41) is 30.5. The summed E-state index contributed by atoms with van der Waals surface area (Å²) in [7, 11) is 3.19. The Balaban J connectivity index is 0.750. The SMILES string of the molecule is Cc1ncsc1-c1ccc([C@H](C)NC(=O)[C@@H]2C[C@@H](O)CN2C(=O)[C@@H](NC(=O)CCOCCCN2C[C@@H](C)[C@H]2COC2=NC(N3CC4CCC(C3)N4)=C3C=C(C(F)(F)F)C(c4cn(C)c5ccc(N)c(C#N)c45)=C(F)C3N2C)C(C)(C)C)cc1. The van der Waals surface area contributed by atoms with E-state index >= 15 is 17.6 Å². The van der Waals surface area contributed by atoms with Crippen LogP contribution in [0, 0.1) is 29.6 Å². The number of thiazole rings is 1. The van der Waals surface area contributed by atoms with E-state index in [1.54, 1.807) is 41.6 Å². The average Bonchev–Trinajstić information content (AvgIpc) is 4.39. The van der Waals surface area contributed by atoms with E-state index < -0.39 is 70.5 Å². The maximum absolute atomic E-state index is 17.8. The summed E-state index contributed by atoms with van der Waals surface area (Å²) in [6, 6.07) is 9.57. The number of carbonyl (C=O) groups is 3. The number of halogens is 4. The zero-order valence-corrected chi connectivity index (χ0v) is 49.0. The minimum Gasteiger partial charge on any atom is -0.463 e. The van der Waals surface area contributed by atoms with Crippen molar-refractivity contribution in [3.05, 3.63) is 99.4 Å². The molecule has 5 aliphatic heterocycles. The van der Waals surface area contributed by atoms with Gasteiger partial charge in [-0.1, -0.05) is 52.0 Å². The molecule has 3 amide bonds. The van der Waals surface area contributed by atoms with Gasteiger partial charge in [-0.25, -0.2) is 9.37 Å². The lowest BCUT2D eigenvalue weighted by Crippen LogP contribution is -2.58. The number of nitrogens with zero attached hydrogens (tertiary/aromatic N) is 8. The minimum atomic E-state index is -4.99. The smallest absolute Gasteiger partial charge is 0.417 e. The standard InChI is InChI=1S/C60H74F4N12O6S/c1-32-25-74(19-9-20-81-21-18-48(78)70-54(59(4,5)6)57(80)76-28-39(77)22-46(76)56(79)68-33(2)35-10-12-36(13-11-35)53-34(3)67-31-83-53)47(32)30-82-58-71-55(75-26-37-14-15-38(27-75)69-37)40-23-43(60(62,63)64)50(51(61)52(40)73(58)8)42-29-72(7)45-17-16-44(66)41(24-65)49(42)45/h10-13,16-17,23,29,31-33,37-39,46-47,52,54,69,77H,9,14-15,18-22,25-28,30,66H2,1-8H3,(H,68,79)(H,70,78)/t32-,33+,37?,38?,39-,46+,47-,52?,54-/m1/s1. The third kappa shape index (κ3) is 12.0. The van der Waals surface area contributed by atoms with E-state index in [1.807, 2.05) is 69.9 Å². The van der Waals surface area contributed by atoms with Crippen molar-refractivity contribution in [1.82, 2.24) is 45.1 Å². The molecular formula is C60H74F4N12O6S. The van der Waals surface area contributed by atoms with Gasteiger partial charge in [0, 0.05) is 118 Å². The van der Waals surface area contributed by atoms with E-state index in [2.05, 4.69) is 32.8 Å². The molecule has 444 valence electrons. The molecule has 83 heavy (non-hydrogen) atoms. The van der Waals surface area contributed by atoms with Crippen molar-refractivity contribution in [2.24, 2.45) is 23.4 Å². The third-order valence-electron chi connectivity index (χ3n) is 17.2. The Bertz CT molecular complexity index is 3310. The van der Waals surface area contributed by atoms with Crippen LogP contribution >= 0.6 is 11.3 Å². The van der Waals surface area contributed by atoms with Crippen molar-refractivity contribution in [2.75, 3.05) is 65.3 Å². The topological polar surface area (TPSA) is 219 Å². The first-order valence-electron chi connectivity index (χ1n) is 28.5. The number of hydrogen-bond donors (Lipinski definition) is 5. The minimum absolute atomic E-state index is 0.0193. The van der Waals surface area contributed by atoms with Gasteiger partial charge in [0.1, 0.15) is 42.4 Å². The van der Waals surface area contributed by atoms with E-state index in [0.29, 0.717) is 38.2 Å². The van der Waals surface area contributed by atoms with E-state index in [0.717, 1.165) is 47.2 Å². The fourth-order valence-electron chi connectivity index (χ4n) is 12.7. The van der Waals surface area contributed by atoms with Gasteiger partial charge < -0.3 is 55.5 Å². The van der Waals surface area contributed by atoms with Crippen molar-refractivity contribution in [3.8, 4) is 16.5 Å². The Hall–Kier alpha value is -6.84. The Morgan fingerprint density at radius 2 is 1.75 bits per heavy atom. The number of amides is 3. The quantitative estimate of drug-likeness (QED) is 0.0407. The Labute approximate surface area is 485 Å². The number of likely N-dealkylation sites (tertiary alicyclic amines) is 3. The summed E-state index contributed by atoms with van der Waals surface area (Å²) < 4.78 is 78.0. The number of nitrogen functional groups attached to an aromatic ring is 1. The number of nitrogens with two attached hydrogens (primary N) is 1. The summed E-state index contributed by atoms with van der Waals surface area (Å²) >= 11 is 1.56. The number of piperazine rings is 1. The predicted molar refractivity (Wildman–Crippen MR) is 309 cm³/mol. The molecule has 4 saturated heterocycles. The monoisotopic (exact) mass is 1170 g/mol. The van der Waals surface area contributed by atoms with Crippen LogP contribution in [0.5, 0.6) is 0 Å². The van der Waals surface area contributed by atoms with Gasteiger partial charge in [-0.3, -0.25) is 19.3 Å². The number of nitrogens with one attached hydrogen (secondary N) is 3. The summed E-state index contributed by atoms with van der Waals surface area (Å²) in [5.41, 5.74) is 8.68. The molecule has 0 spiro atoms. The Morgan fingerprint density at radius 3 is 2.40 bits per heavy atom. The molecule has 18 nitrogen and oxygen atoms in total. The first-order valence-corrected chi connectivity index (χ1v) is 29.4. The highest BCUT2D eigenvalue weighted by Gasteiger charge is 2.49. The van der Waals surface area contributed by atoms with Gasteiger partial charge in [-0.2, -0.15) is 23.4 Å². The number of ether oxygens (including phenoxy) is 2. The first-order chi connectivity index (χ1) is 39.4. The van der Waals surface area contributed by atoms with Gasteiger partial charge in [0.2, 0.25) is 17.7 Å². The van der Waals surface area contributed by atoms with Gasteiger partial charge in [0.05, 0.1) is 51.7 Å². The average molecular weight is 1170 g/mol. The largest absolute Gasteiger partial charge is 0.463 e. The number of alkyl halides is 3. The summed E-state index contributed by atoms with van der Waals surface area (Å²) in [6.07, 6.45) is -1.02. The molecule has 0 saturated carbocycles. The fraction of sp³-hybridized carbons (Fsp3) is 0.533. The number of β-amino-alcohol motifs (C(OH)–C–C–N with tert-alkyl or cyclic N) is 1. The number of aliphatic imine (C=N–C) groups is 1. The molecule has 9 atom stereocenters. The van der Waals surface area contributed by atoms with Crippen molar-refractivity contribution in [2.45, 2.75) is 128 Å². The highest BCUT2D eigenvalue weighted by atomic mass is 32.1. The lowest BCUT2D eigenvalue weighted by atomic mass is 9.83. The fourth-order valence-corrected chi connectivity index (χ4v) is 13.5. The van der Waals surface area contributed by atoms with Gasteiger partial charge >= 0.3 is 6.18 Å². The van der Waals surface area contributed by atoms with E-state index in [9.17, 15) is 24.8 Å². The number of fused-ring (bicyclic) bond motifs is 4. The molecule has 2 bridgehead atoms. The van der Waals surface area contributed by atoms with Gasteiger partial charge in [0.15, 0.2) is 0 Å². The zero-order chi connectivity index (χ0) is 59.4. The number of rotatable bonds is 17. The molecule has 6 N–H and O–H groups in total. The lowest BCUT2D eigenvalue weighted by Gasteiger charge is -2.47. The number of benzene rings is 2. The molecule has 6 aliphatic rings. The van der Waals surface area contributed by atoms with Crippen LogP contribution < -0.4 is 21.7 Å². The van der Waals surface area contributed by atoms with Gasteiger partial charge in [-0.05, 0) is 73.8 Å². The molecule has 10 rings (SSSR count). The number of hydrogen-bond acceptors (Lipinski definition) is 15. The van der Waals surface area contributed by atoms with Crippen LogP contribution in [0.3, 0.4) is 0 Å². The number of carbonyl (C=O) groups excluding carboxylic acids is 3. The number of likely N-dealkylation sites (N-methyl/N-ethyl adjacent to an activating group) is 1. The molecule has 1 aliphatic carbocycles. The summed E-state index contributed by atoms with van der Waals surface area (Å²) in [4.78, 5) is 58.8. The number of aliphatic hydroxyl groups excluding tert-OH is 1. The van der Waals surface area contributed by atoms with Crippen molar-refractivity contribution in [3.63, 3.8) is 0 Å². The van der Waals surface area contributed by atoms with Crippen LogP contribution in [0.15, 0.2) is 82.0 Å². The normalized spacial score (nSPS) is 24.5. The van der Waals surface area contributed by atoms with Gasteiger partial charge in [-0.15, -0.1) is 11.3 Å². The van der Waals surface area contributed by atoms with Crippen LogP contribution in [0.25, 0.3) is 26.9 Å². The van der Waals surface area contributed by atoms with Crippen molar-refractivity contribution < 1.29 is 46.5 Å².